The summed E-state index contributed by atoms with van der Waals surface area (Å²) in [5.41, 5.74) is 1.85. The van der Waals surface area contributed by atoms with Crippen LogP contribution < -0.4 is 9.64 Å². The molecule has 4 rings (SSSR count). The number of tetrazole rings is 1. The zero-order valence-electron chi connectivity index (χ0n) is 13.2. The van der Waals surface area contributed by atoms with Gasteiger partial charge < -0.3 is 14.2 Å². The second-order valence-electron chi connectivity index (χ2n) is 5.38. The van der Waals surface area contributed by atoms with Crippen LogP contribution in [-0.2, 0) is 13.2 Å². The van der Waals surface area contributed by atoms with Gasteiger partial charge in [-0.1, -0.05) is 28.5 Å². The van der Waals surface area contributed by atoms with Crippen molar-refractivity contribution in [3.8, 4) is 5.75 Å². The van der Waals surface area contributed by atoms with Crippen molar-refractivity contribution < 1.29 is 9.26 Å². The summed E-state index contributed by atoms with van der Waals surface area (Å²) in [5.74, 6) is 2.38. The Morgan fingerprint density at radius 1 is 1.25 bits per heavy atom. The summed E-state index contributed by atoms with van der Waals surface area (Å²) >= 11 is 0. The van der Waals surface area contributed by atoms with Gasteiger partial charge in [-0.25, -0.2) is 4.68 Å². The van der Waals surface area contributed by atoms with Crippen molar-refractivity contribution in [3.05, 3.63) is 47.7 Å². The van der Waals surface area contributed by atoms with Gasteiger partial charge in [-0.05, 0) is 29.5 Å². The molecule has 1 aromatic carbocycles. The minimum atomic E-state index is 0.242. The Morgan fingerprint density at radius 2 is 2.08 bits per heavy atom. The minimum absolute atomic E-state index is 0.242. The molecule has 0 aliphatic carbocycles. The fraction of sp³-hybridized carbons (Fsp3) is 0.267. The van der Waals surface area contributed by atoms with Crippen LogP contribution >= 0.6 is 0 Å². The molecule has 0 spiro atoms. The zero-order chi connectivity index (χ0) is 16.5. The lowest BCUT2D eigenvalue weighted by molar-refractivity contribution is 0.286. The maximum atomic E-state index is 5.64. The number of benzene rings is 1. The number of nitrogens with zero attached hydrogens (tertiary/aromatic N) is 7. The largest absolute Gasteiger partial charge is 0.485 e. The van der Waals surface area contributed by atoms with Gasteiger partial charge in [0.2, 0.25) is 11.8 Å². The molecule has 2 aromatic heterocycles. The monoisotopic (exact) mass is 325 g/mol. The number of anilines is 1. The average Bonchev–Trinajstić information content (AvgIpc) is 3.26. The Hall–Kier alpha value is -3.23. The normalized spacial score (nSPS) is 14.0. The number of aromatic nitrogens is 6. The Balaban J connectivity index is 1.53. The van der Waals surface area contributed by atoms with E-state index < -0.39 is 0 Å². The van der Waals surface area contributed by atoms with Crippen LogP contribution in [0.15, 0.2) is 40.6 Å². The predicted octanol–water partition coefficient (Wildman–Crippen LogP) is 1.52. The van der Waals surface area contributed by atoms with E-state index in [1.54, 1.807) is 4.68 Å². The topological polar surface area (TPSA) is 95.0 Å². The average molecular weight is 325 g/mol. The number of para-hydroxylation sites is 1. The van der Waals surface area contributed by atoms with E-state index >= 15 is 0 Å². The van der Waals surface area contributed by atoms with E-state index in [-0.39, 0.29) is 6.61 Å². The molecule has 1 aliphatic rings. The molecule has 9 nitrogen and oxygen atoms in total. The summed E-state index contributed by atoms with van der Waals surface area (Å²) < 4.78 is 12.7. The van der Waals surface area contributed by atoms with Crippen molar-refractivity contribution in [1.29, 1.82) is 0 Å². The first-order valence-corrected chi connectivity index (χ1v) is 7.43. The molecule has 3 heterocycles. The Bertz CT molecular complexity index is 884. The van der Waals surface area contributed by atoms with Crippen LogP contribution in [0.25, 0.3) is 5.57 Å². The first-order chi connectivity index (χ1) is 11.7. The second-order valence-corrected chi connectivity index (χ2v) is 5.38. The number of allylic oxidation sites excluding steroid dienone is 2. The van der Waals surface area contributed by atoms with Gasteiger partial charge in [-0.3, -0.25) is 0 Å². The van der Waals surface area contributed by atoms with Crippen LogP contribution in [0.5, 0.6) is 5.75 Å². The van der Waals surface area contributed by atoms with Crippen LogP contribution in [0.2, 0.25) is 0 Å². The Labute approximate surface area is 137 Å². The molecular weight excluding hydrogens is 310 g/mol. The first kappa shape index (κ1) is 14.4. The molecule has 3 aromatic rings. The fourth-order valence-corrected chi connectivity index (χ4v) is 2.48. The summed E-state index contributed by atoms with van der Waals surface area (Å²) in [5, 5.41) is 15.6. The van der Waals surface area contributed by atoms with Gasteiger partial charge in [0.25, 0.3) is 5.89 Å². The third kappa shape index (κ3) is 2.49. The summed E-state index contributed by atoms with van der Waals surface area (Å²) in [6.07, 6.45) is 0. The quantitative estimate of drug-likeness (QED) is 0.712. The van der Waals surface area contributed by atoms with Crippen molar-refractivity contribution in [3.63, 3.8) is 0 Å². The van der Waals surface area contributed by atoms with Gasteiger partial charge >= 0.3 is 0 Å². The lowest BCUT2D eigenvalue weighted by Crippen LogP contribution is -2.26. The van der Waals surface area contributed by atoms with Gasteiger partial charge in [0.1, 0.15) is 5.75 Å². The highest BCUT2D eigenvalue weighted by Crippen LogP contribution is 2.29. The highest BCUT2D eigenvalue weighted by molar-refractivity contribution is 5.68. The van der Waals surface area contributed by atoms with E-state index in [1.807, 2.05) is 49.2 Å². The molecule has 0 amide bonds. The van der Waals surface area contributed by atoms with Crippen molar-refractivity contribution >= 4 is 11.5 Å². The summed E-state index contributed by atoms with van der Waals surface area (Å²) in [6.45, 7) is 2.70. The molecular formula is C15H15N7O2. The van der Waals surface area contributed by atoms with Crippen LogP contribution in [0.1, 0.15) is 18.6 Å². The molecule has 0 radical (unpaired) electrons. The van der Waals surface area contributed by atoms with E-state index in [4.69, 9.17) is 9.26 Å². The highest BCUT2D eigenvalue weighted by Gasteiger charge is 2.26. The molecule has 0 saturated carbocycles. The molecule has 24 heavy (non-hydrogen) atoms. The van der Waals surface area contributed by atoms with Gasteiger partial charge in [0.15, 0.2) is 6.61 Å². The number of hydrogen-bond acceptors (Lipinski definition) is 8. The first-order valence-electron chi connectivity index (χ1n) is 7.43. The molecule has 0 fully saturated rings. The molecule has 0 bridgehead atoms. The molecule has 0 saturated heterocycles. The van der Waals surface area contributed by atoms with E-state index in [0.29, 0.717) is 24.2 Å². The summed E-state index contributed by atoms with van der Waals surface area (Å²) in [6, 6.07) is 9.51. The number of rotatable bonds is 4. The standard InChI is InChI=1S/C15H15N7O2/c1-10-12(8-22-15(21(10)2)17-19-20-22)14-16-13(18-24-14)9-23-11-6-4-3-5-7-11/h3-7H,8-9H2,1-2H3. The van der Waals surface area contributed by atoms with Crippen LogP contribution in [0, 0.1) is 0 Å². The molecule has 9 heteroatoms. The summed E-state index contributed by atoms with van der Waals surface area (Å²) in [7, 11) is 1.90. The third-order valence-corrected chi connectivity index (χ3v) is 3.90. The number of hydrogen-bond donors (Lipinski definition) is 0. The zero-order valence-corrected chi connectivity index (χ0v) is 13.2. The van der Waals surface area contributed by atoms with E-state index in [9.17, 15) is 0 Å². The maximum Gasteiger partial charge on any atom is 0.257 e. The van der Waals surface area contributed by atoms with Gasteiger partial charge in [-0.15, -0.1) is 0 Å². The third-order valence-electron chi connectivity index (χ3n) is 3.90. The lowest BCUT2D eigenvalue weighted by Gasteiger charge is -2.25. The fourth-order valence-electron chi connectivity index (χ4n) is 2.48. The molecule has 122 valence electrons. The summed E-state index contributed by atoms with van der Waals surface area (Å²) in [4.78, 5) is 6.31. The highest BCUT2D eigenvalue weighted by atomic mass is 16.5. The second kappa shape index (κ2) is 5.76. The van der Waals surface area contributed by atoms with Crippen LogP contribution in [0.4, 0.5) is 5.95 Å². The molecule has 0 N–H and O–H groups in total. The van der Waals surface area contributed by atoms with E-state index in [0.717, 1.165) is 17.0 Å². The molecule has 0 unspecified atom stereocenters. The van der Waals surface area contributed by atoms with Crippen LogP contribution in [-0.4, -0.2) is 37.4 Å². The SMILES string of the molecule is CC1=C(c2nc(COc3ccccc3)no2)Cn2nnnc2N1C. The lowest BCUT2D eigenvalue weighted by atomic mass is 10.1. The van der Waals surface area contributed by atoms with Gasteiger partial charge in [-0.2, -0.15) is 4.98 Å². The van der Waals surface area contributed by atoms with Crippen molar-refractivity contribution in [2.24, 2.45) is 0 Å². The predicted molar refractivity (Wildman–Crippen MR) is 83.9 cm³/mol. The van der Waals surface area contributed by atoms with E-state index in [2.05, 4.69) is 25.7 Å². The maximum absolute atomic E-state index is 5.64. The molecule has 0 atom stereocenters. The van der Waals surface area contributed by atoms with Gasteiger partial charge in [0, 0.05) is 12.7 Å². The minimum Gasteiger partial charge on any atom is -0.485 e. The van der Waals surface area contributed by atoms with Crippen molar-refractivity contribution in [2.45, 2.75) is 20.1 Å². The Morgan fingerprint density at radius 3 is 2.92 bits per heavy atom. The van der Waals surface area contributed by atoms with Gasteiger partial charge in [0.05, 0.1) is 12.1 Å². The number of fused-ring (bicyclic) bond motifs is 1. The molecule has 1 aliphatic heterocycles. The van der Waals surface area contributed by atoms with Crippen molar-refractivity contribution in [2.75, 3.05) is 11.9 Å². The Kier molecular flexibility index (Phi) is 3.45. The van der Waals surface area contributed by atoms with E-state index in [1.165, 1.54) is 0 Å². The van der Waals surface area contributed by atoms with Crippen LogP contribution in [0.3, 0.4) is 0 Å². The van der Waals surface area contributed by atoms with Crippen molar-refractivity contribution in [1.82, 2.24) is 30.3 Å². The smallest absolute Gasteiger partial charge is 0.257 e. The number of ether oxygens (including phenoxy) is 1.